The van der Waals surface area contributed by atoms with Crippen LogP contribution in [0.2, 0.25) is 0 Å². The van der Waals surface area contributed by atoms with E-state index in [0.29, 0.717) is 18.1 Å². The zero-order valence-electron chi connectivity index (χ0n) is 18.9. The van der Waals surface area contributed by atoms with Gasteiger partial charge in [-0.15, -0.1) is 0 Å². The zero-order chi connectivity index (χ0) is 22.3. The van der Waals surface area contributed by atoms with Gasteiger partial charge in [0.1, 0.15) is 23.9 Å². The van der Waals surface area contributed by atoms with Crippen LogP contribution in [-0.2, 0) is 20.1 Å². The minimum atomic E-state index is 0.106. The lowest BCUT2D eigenvalue weighted by atomic mass is 9.90. The summed E-state index contributed by atoms with van der Waals surface area (Å²) in [6.45, 7) is 2.05. The minimum Gasteiger partial charge on any atom is -0.497 e. The molecule has 0 N–H and O–H groups in total. The second-order valence-corrected chi connectivity index (χ2v) is 8.39. The number of likely N-dealkylation sites (tertiary alicyclic amines) is 1. The first-order chi connectivity index (χ1) is 15.6. The van der Waals surface area contributed by atoms with Crippen LogP contribution < -0.4 is 9.47 Å². The van der Waals surface area contributed by atoms with E-state index in [9.17, 15) is 4.79 Å². The Morgan fingerprint density at radius 1 is 1.03 bits per heavy atom. The number of imidazole rings is 1. The Labute approximate surface area is 189 Å². The number of amides is 1. The molecule has 1 saturated heterocycles. The number of methoxy groups -OCH3 is 1. The third-order valence-electron chi connectivity index (χ3n) is 6.29. The summed E-state index contributed by atoms with van der Waals surface area (Å²) in [6, 6.07) is 15.7. The van der Waals surface area contributed by atoms with Gasteiger partial charge in [0.2, 0.25) is 0 Å². The summed E-state index contributed by atoms with van der Waals surface area (Å²) in [5.41, 5.74) is 2.06. The summed E-state index contributed by atoms with van der Waals surface area (Å²) in [5, 5.41) is 0. The Balaban J connectivity index is 1.22. The maximum Gasteiger partial charge on any atom is 0.253 e. The monoisotopic (exact) mass is 433 g/mol. The second kappa shape index (κ2) is 10.4. The molecule has 0 aliphatic carbocycles. The summed E-state index contributed by atoms with van der Waals surface area (Å²) in [4.78, 5) is 19.1. The molecule has 6 heteroatoms. The lowest BCUT2D eigenvalue weighted by molar-refractivity contribution is 0.0687. The van der Waals surface area contributed by atoms with E-state index in [1.165, 1.54) is 5.56 Å². The van der Waals surface area contributed by atoms with Gasteiger partial charge in [-0.2, -0.15) is 0 Å². The standard InChI is InChI=1S/C26H31N3O3/c1-28-18-15-27-25(28)19-32-24-11-7-22(8-12-24)26(30)29-16-13-21(14-17-29)4-3-20-5-9-23(31-2)10-6-20/h5-12,15,18,21H,3-4,13-14,16-17,19H2,1-2H3. The normalized spacial score (nSPS) is 14.4. The van der Waals surface area contributed by atoms with Crippen LogP contribution in [-0.4, -0.2) is 40.6 Å². The molecule has 0 atom stereocenters. The fraction of sp³-hybridized carbons (Fsp3) is 0.385. The number of aromatic nitrogens is 2. The third kappa shape index (κ3) is 5.49. The number of hydrogen-bond donors (Lipinski definition) is 0. The van der Waals surface area contributed by atoms with Crippen molar-refractivity contribution in [1.29, 1.82) is 0 Å². The second-order valence-electron chi connectivity index (χ2n) is 8.39. The van der Waals surface area contributed by atoms with Gasteiger partial charge in [0, 0.05) is 38.1 Å². The lowest BCUT2D eigenvalue weighted by Crippen LogP contribution is -2.38. The molecule has 168 valence electrons. The summed E-state index contributed by atoms with van der Waals surface area (Å²) < 4.78 is 12.9. The highest BCUT2D eigenvalue weighted by atomic mass is 16.5. The van der Waals surface area contributed by atoms with Gasteiger partial charge in [-0.1, -0.05) is 12.1 Å². The maximum absolute atomic E-state index is 12.9. The molecule has 2 aromatic carbocycles. The molecule has 4 rings (SSSR count). The molecule has 1 fully saturated rings. The molecular formula is C26H31N3O3. The van der Waals surface area contributed by atoms with Gasteiger partial charge in [0.15, 0.2) is 0 Å². The number of piperidine rings is 1. The highest BCUT2D eigenvalue weighted by molar-refractivity contribution is 5.94. The summed E-state index contributed by atoms with van der Waals surface area (Å²) in [7, 11) is 3.63. The Bertz CT molecular complexity index is 1000. The number of aryl methyl sites for hydroxylation is 2. The topological polar surface area (TPSA) is 56.6 Å². The number of nitrogens with zero attached hydrogens (tertiary/aromatic N) is 3. The van der Waals surface area contributed by atoms with E-state index in [-0.39, 0.29) is 5.91 Å². The van der Waals surface area contributed by atoms with Crippen molar-refractivity contribution in [1.82, 2.24) is 14.5 Å². The molecule has 6 nitrogen and oxygen atoms in total. The molecule has 2 heterocycles. The molecule has 0 unspecified atom stereocenters. The van der Waals surface area contributed by atoms with Crippen LogP contribution in [0.5, 0.6) is 11.5 Å². The number of benzene rings is 2. The Morgan fingerprint density at radius 3 is 2.34 bits per heavy atom. The van der Waals surface area contributed by atoms with E-state index in [4.69, 9.17) is 9.47 Å². The van der Waals surface area contributed by atoms with Crippen LogP contribution in [0.3, 0.4) is 0 Å². The molecule has 0 spiro atoms. The molecule has 1 aliphatic rings. The molecule has 1 amide bonds. The predicted molar refractivity (Wildman–Crippen MR) is 124 cm³/mol. The summed E-state index contributed by atoms with van der Waals surface area (Å²) in [5.74, 6) is 3.27. The van der Waals surface area contributed by atoms with Crippen LogP contribution in [0.4, 0.5) is 0 Å². The van der Waals surface area contributed by atoms with Gasteiger partial charge in [0.25, 0.3) is 5.91 Å². The number of carbonyl (C=O) groups excluding carboxylic acids is 1. The van der Waals surface area contributed by atoms with E-state index in [2.05, 4.69) is 17.1 Å². The van der Waals surface area contributed by atoms with Gasteiger partial charge in [0.05, 0.1) is 7.11 Å². The first kappa shape index (κ1) is 21.9. The Kier molecular flexibility index (Phi) is 7.10. The smallest absolute Gasteiger partial charge is 0.253 e. The SMILES string of the molecule is COc1ccc(CCC2CCN(C(=O)c3ccc(OCc4nccn4C)cc3)CC2)cc1. The van der Waals surface area contributed by atoms with Crippen molar-refractivity contribution in [3.8, 4) is 11.5 Å². The van der Waals surface area contributed by atoms with Crippen LogP contribution in [0, 0.1) is 5.92 Å². The van der Waals surface area contributed by atoms with Crippen molar-refractivity contribution < 1.29 is 14.3 Å². The average Bonchev–Trinajstić information content (AvgIpc) is 3.26. The molecular weight excluding hydrogens is 402 g/mol. The Morgan fingerprint density at radius 2 is 1.72 bits per heavy atom. The largest absolute Gasteiger partial charge is 0.497 e. The van der Waals surface area contributed by atoms with E-state index in [0.717, 1.165) is 56.1 Å². The number of hydrogen-bond acceptors (Lipinski definition) is 4. The summed E-state index contributed by atoms with van der Waals surface area (Å²) >= 11 is 0. The average molecular weight is 434 g/mol. The fourth-order valence-electron chi connectivity index (χ4n) is 4.15. The highest BCUT2D eigenvalue weighted by Crippen LogP contribution is 2.25. The predicted octanol–water partition coefficient (Wildman–Crippen LogP) is 4.49. The van der Waals surface area contributed by atoms with Crippen molar-refractivity contribution in [2.24, 2.45) is 13.0 Å². The zero-order valence-corrected chi connectivity index (χ0v) is 18.9. The number of ether oxygens (including phenoxy) is 2. The van der Waals surface area contributed by atoms with Crippen LogP contribution in [0.15, 0.2) is 60.9 Å². The molecule has 0 radical (unpaired) electrons. The van der Waals surface area contributed by atoms with E-state index < -0.39 is 0 Å². The third-order valence-corrected chi connectivity index (χ3v) is 6.29. The van der Waals surface area contributed by atoms with Gasteiger partial charge in [-0.25, -0.2) is 4.98 Å². The van der Waals surface area contributed by atoms with Gasteiger partial charge in [-0.3, -0.25) is 4.79 Å². The van der Waals surface area contributed by atoms with Crippen molar-refractivity contribution >= 4 is 5.91 Å². The molecule has 0 bridgehead atoms. The first-order valence-electron chi connectivity index (χ1n) is 11.2. The van der Waals surface area contributed by atoms with Crippen molar-refractivity contribution in [2.75, 3.05) is 20.2 Å². The molecule has 1 aliphatic heterocycles. The molecule has 0 saturated carbocycles. The first-order valence-corrected chi connectivity index (χ1v) is 11.2. The van der Waals surface area contributed by atoms with E-state index >= 15 is 0 Å². The van der Waals surface area contributed by atoms with Gasteiger partial charge >= 0.3 is 0 Å². The minimum absolute atomic E-state index is 0.106. The van der Waals surface area contributed by atoms with Gasteiger partial charge < -0.3 is 18.9 Å². The fourth-order valence-corrected chi connectivity index (χ4v) is 4.15. The quantitative estimate of drug-likeness (QED) is 0.525. The number of carbonyl (C=O) groups is 1. The van der Waals surface area contributed by atoms with Crippen LogP contribution >= 0.6 is 0 Å². The lowest BCUT2D eigenvalue weighted by Gasteiger charge is -2.32. The highest BCUT2D eigenvalue weighted by Gasteiger charge is 2.23. The van der Waals surface area contributed by atoms with E-state index in [1.54, 1.807) is 13.3 Å². The number of rotatable bonds is 8. The Hall–Kier alpha value is -3.28. The van der Waals surface area contributed by atoms with E-state index in [1.807, 2.05) is 59.1 Å². The van der Waals surface area contributed by atoms with Crippen molar-refractivity contribution in [3.05, 3.63) is 77.9 Å². The van der Waals surface area contributed by atoms with Crippen LogP contribution in [0.25, 0.3) is 0 Å². The summed E-state index contributed by atoms with van der Waals surface area (Å²) in [6.07, 6.45) is 8.00. The van der Waals surface area contributed by atoms with Gasteiger partial charge in [-0.05, 0) is 73.6 Å². The molecule has 1 aromatic heterocycles. The van der Waals surface area contributed by atoms with Crippen molar-refractivity contribution in [3.63, 3.8) is 0 Å². The van der Waals surface area contributed by atoms with Crippen molar-refractivity contribution in [2.45, 2.75) is 32.3 Å². The van der Waals surface area contributed by atoms with Crippen LogP contribution in [0.1, 0.15) is 41.0 Å². The molecule has 32 heavy (non-hydrogen) atoms. The maximum atomic E-state index is 12.9. The molecule has 3 aromatic rings.